The van der Waals surface area contributed by atoms with Crippen molar-refractivity contribution in [3.63, 3.8) is 0 Å². The monoisotopic (exact) mass is 224 g/mol. The number of likely N-dealkylation sites (N-methyl/N-ethyl adjacent to an activating group) is 2. The lowest BCUT2D eigenvalue weighted by Crippen LogP contribution is -2.45. The Hall–Kier alpha value is -0.900. The minimum Gasteiger partial charge on any atom is -0.344 e. The number of rotatable bonds is 2. The first-order valence-corrected chi connectivity index (χ1v) is 6.08. The van der Waals surface area contributed by atoms with Gasteiger partial charge in [-0.15, -0.1) is 0 Å². The summed E-state index contributed by atoms with van der Waals surface area (Å²) < 4.78 is 0. The van der Waals surface area contributed by atoms with E-state index in [4.69, 9.17) is 0 Å². The molecule has 1 heterocycles. The Morgan fingerprint density at radius 3 is 2.31 bits per heavy atom. The number of carbonyl (C=O) groups is 2. The van der Waals surface area contributed by atoms with Crippen molar-refractivity contribution in [1.82, 2.24) is 9.80 Å². The summed E-state index contributed by atoms with van der Waals surface area (Å²) in [5.74, 6) is 0.610. The second-order valence-electron chi connectivity index (χ2n) is 5.00. The smallest absolute Gasteiger partial charge is 0.239 e. The van der Waals surface area contributed by atoms with Gasteiger partial charge in [0.2, 0.25) is 5.91 Å². The maximum absolute atomic E-state index is 11.9. The topological polar surface area (TPSA) is 40.6 Å². The Morgan fingerprint density at radius 1 is 1.19 bits per heavy atom. The van der Waals surface area contributed by atoms with Crippen LogP contribution >= 0.6 is 0 Å². The van der Waals surface area contributed by atoms with Crippen molar-refractivity contribution < 1.29 is 9.59 Å². The molecule has 2 aliphatic rings. The number of ketones is 1. The summed E-state index contributed by atoms with van der Waals surface area (Å²) in [6.45, 7) is 0.861. The molecule has 2 fully saturated rings. The van der Waals surface area contributed by atoms with E-state index in [1.165, 1.54) is 0 Å². The number of hydrogen-bond acceptors (Lipinski definition) is 3. The van der Waals surface area contributed by atoms with Gasteiger partial charge in [-0.3, -0.25) is 14.5 Å². The van der Waals surface area contributed by atoms with Crippen molar-refractivity contribution in [1.29, 1.82) is 0 Å². The molecule has 1 aliphatic carbocycles. The van der Waals surface area contributed by atoms with Crippen LogP contribution in [0.1, 0.15) is 32.1 Å². The standard InChI is InChI=1S/C12H20N2O2/c1-13-8-7-11(12(13)16)14(2)9-3-5-10(15)6-4-9/h9,11H,3-8H2,1-2H3. The van der Waals surface area contributed by atoms with Crippen LogP contribution in [-0.2, 0) is 9.59 Å². The SMILES string of the molecule is CN1CCC(N(C)C2CCC(=O)CC2)C1=O. The number of amides is 1. The molecule has 1 saturated carbocycles. The summed E-state index contributed by atoms with van der Waals surface area (Å²) >= 11 is 0. The third-order valence-corrected chi connectivity index (χ3v) is 3.98. The number of Topliss-reactive ketones (excluding diaryl/α,β-unsaturated/α-hetero) is 1. The van der Waals surface area contributed by atoms with Crippen molar-refractivity contribution >= 4 is 11.7 Å². The number of hydrogen-bond donors (Lipinski definition) is 0. The fourth-order valence-electron chi connectivity index (χ4n) is 2.77. The van der Waals surface area contributed by atoms with Crippen LogP contribution in [0.25, 0.3) is 0 Å². The van der Waals surface area contributed by atoms with E-state index in [2.05, 4.69) is 4.90 Å². The summed E-state index contributed by atoms with van der Waals surface area (Å²) in [5, 5.41) is 0. The van der Waals surface area contributed by atoms with Crippen LogP contribution in [0.2, 0.25) is 0 Å². The highest BCUT2D eigenvalue weighted by Crippen LogP contribution is 2.24. The Bertz CT molecular complexity index is 293. The van der Waals surface area contributed by atoms with E-state index in [-0.39, 0.29) is 11.9 Å². The van der Waals surface area contributed by atoms with Gasteiger partial charge in [0.25, 0.3) is 0 Å². The predicted octanol–water partition coefficient (Wildman–Crippen LogP) is 0.661. The second-order valence-corrected chi connectivity index (χ2v) is 5.00. The highest BCUT2D eigenvalue weighted by molar-refractivity contribution is 5.83. The second kappa shape index (κ2) is 4.53. The van der Waals surface area contributed by atoms with Gasteiger partial charge in [-0.05, 0) is 26.3 Å². The van der Waals surface area contributed by atoms with Crippen molar-refractivity contribution in [2.45, 2.75) is 44.2 Å². The van der Waals surface area contributed by atoms with E-state index < -0.39 is 0 Å². The predicted molar refractivity (Wildman–Crippen MR) is 61.1 cm³/mol. The molecule has 0 N–H and O–H groups in total. The molecule has 0 aromatic rings. The Balaban J connectivity index is 1.94. The van der Waals surface area contributed by atoms with E-state index in [1.807, 2.05) is 14.1 Å². The molecule has 1 amide bonds. The summed E-state index contributed by atoms with van der Waals surface area (Å²) in [7, 11) is 3.89. The maximum atomic E-state index is 11.9. The molecule has 90 valence electrons. The first kappa shape index (κ1) is 11.6. The molecule has 1 saturated heterocycles. The third-order valence-electron chi connectivity index (χ3n) is 3.98. The van der Waals surface area contributed by atoms with Crippen LogP contribution in [0.3, 0.4) is 0 Å². The van der Waals surface area contributed by atoms with Gasteiger partial charge in [0.15, 0.2) is 0 Å². The van der Waals surface area contributed by atoms with Gasteiger partial charge in [0.05, 0.1) is 6.04 Å². The van der Waals surface area contributed by atoms with Crippen LogP contribution < -0.4 is 0 Å². The number of nitrogens with zero attached hydrogens (tertiary/aromatic N) is 2. The van der Waals surface area contributed by atoms with Crippen molar-refractivity contribution in [3.8, 4) is 0 Å². The summed E-state index contributed by atoms with van der Waals surface area (Å²) in [5.41, 5.74) is 0. The van der Waals surface area contributed by atoms with Gasteiger partial charge in [-0.25, -0.2) is 0 Å². The van der Waals surface area contributed by atoms with Crippen molar-refractivity contribution in [2.24, 2.45) is 0 Å². The Morgan fingerprint density at radius 2 is 1.81 bits per heavy atom. The third kappa shape index (κ3) is 2.12. The zero-order valence-electron chi connectivity index (χ0n) is 10.1. The molecule has 0 radical (unpaired) electrons. The van der Waals surface area contributed by atoms with E-state index in [0.717, 1.165) is 25.8 Å². The van der Waals surface area contributed by atoms with Crippen LogP contribution in [0.15, 0.2) is 0 Å². The van der Waals surface area contributed by atoms with Crippen LogP contribution in [-0.4, -0.2) is 54.2 Å². The molecule has 2 rings (SSSR count). The first-order valence-electron chi connectivity index (χ1n) is 6.08. The lowest BCUT2D eigenvalue weighted by molar-refractivity contribution is -0.131. The first-order chi connectivity index (χ1) is 7.59. The van der Waals surface area contributed by atoms with Crippen LogP contribution in [0, 0.1) is 0 Å². The zero-order valence-corrected chi connectivity index (χ0v) is 10.1. The number of carbonyl (C=O) groups excluding carboxylic acids is 2. The molecule has 16 heavy (non-hydrogen) atoms. The minimum absolute atomic E-state index is 0.0446. The average Bonchev–Trinajstić information content (AvgIpc) is 2.60. The van der Waals surface area contributed by atoms with Crippen LogP contribution in [0.4, 0.5) is 0 Å². The van der Waals surface area contributed by atoms with Gasteiger partial charge >= 0.3 is 0 Å². The lowest BCUT2D eigenvalue weighted by atomic mass is 9.92. The van der Waals surface area contributed by atoms with E-state index >= 15 is 0 Å². The molecule has 1 atom stereocenters. The fraction of sp³-hybridized carbons (Fsp3) is 0.833. The van der Waals surface area contributed by atoms with Crippen molar-refractivity contribution in [3.05, 3.63) is 0 Å². The highest BCUT2D eigenvalue weighted by Gasteiger charge is 2.36. The van der Waals surface area contributed by atoms with Gasteiger partial charge in [0.1, 0.15) is 5.78 Å². The van der Waals surface area contributed by atoms with Gasteiger partial charge < -0.3 is 4.90 Å². The Labute approximate surface area is 96.6 Å². The molecule has 0 bridgehead atoms. The average molecular weight is 224 g/mol. The molecule has 0 aromatic carbocycles. The summed E-state index contributed by atoms with van der Waals surface area (Å²) in [6.07, 6.45) is 4.14. The molecular formula is C12H20N2O2. The van der Waals surface area contributed by atoms with E-state index in [1.54, 1.807) is 4.90 Å². The number of likely N-dealkylation sites (tertiary alicyclic amines) is 1. The largest absolute Gasteiger partial charge is 0.344 e. The van der Waals surface area contributed by atoms with Gasteiger partial charge in [-0.1, -0.05) is 0 Å². The fourth-order valence-corrected chi connectivity index (χ4v) is 2.77. The molecule has 0 spiro atoms. The van der Waals surface area contributed by atoms with Crippen LogP contribution in [0.5, 0.6) is 0 Å². The van der Waals surface area contributed by atoms with Crippen molar-refractivity contribution in [2.75, 3.05) is 20.6 Å². The highest BCUT2D eigenvalue weighted by atomic mass is 16.2. The summed E-state index contributed by atoms with van der Waals surface area (Å²) in [4.78, 5) is 27.0. The normalized spacial score (nSPS) is 28.2. The Kier molecular flexibility index (Phi) is 3.28. The quantitative estimate of drug-likeness (QED) is 0.692. The maximum Gasteiger partial charge on any atom is 0.239 e. The molecule has 1 unspecified atom stereocenters. The van der Waals surface area contributed by atoms with E-state index in [0.29, 0.717) is 24.7 Å². The molecular weight excluding hydrogens is 204 g/mol. The molecule has 4 nitrogen and oxygen atoms in total. The molecule has 1 aliphatic heterocycles. The van der Waals surface area contributed by atoms with E-state index in [9.17, 15) is 9.59 Å². The summed E-state index contributed by atoms with van der Waals surface area (Å²) in [6, 6.07) is 0.460. The molecule has 4 heteroatoms. The minimum atomic E-state index is 0.0446. The van der Waals surface area contributed by atoms with Gasteiger partial charge in [-0.2, -0.15) is 0 Å². The molecule has 0 aromatic heterocycles. The zero-order chi connectivity index (χ0) is 11.7. The lowest BCUT2D eigenvalue weighted by Gasteiger charge is -2.34. The van der Waals surface area contributed by atoms with Gasteiger partial charge in [0, 0.05) is 32.5 Å².